The summed E-state index contributed by atoms with van der Waals surface area (Å²) in [5.74, 6) is 0. The van der Waals surface area contributed by atoms with Crippen LogP contribution in [0.25, 0.3) is 17.2 Å². The van der Waals surface area contributed by atoms with Crippen molar-refractivity contribution in [2.45, 2.75) is 39.2 Å². The van der Waals surface area contributed by atoms with Crippen molar-refractivity contribution in [1.82, 2.24) is 5.32 Å². The Morgan fingerprint density at radius 1 is 0.943 bits per heavy atom. The Balaban J connectivity index is 1.67. The summed E-state index contributed by atoms with van der Waals surface area (Å²) in [5.41, 5.74) is 28.9. The molecule has 3 aromatic carbocycles. The van der Waals surface area contributed by atoms with E-state index in [4.69, 9.17) is 11.5 Å². The molecule has 266 valence electrons. The number of para-hydroxylation sites is 2. The quantitative estimate of drug-likeness (QED) is 0.0684. The number of allylic oxidation sites excluding steroid dienone is 14. The van der Waals surface area contributed by atoms with E-state index in [-0.39, 0.29) is 6.04 Å². The molecule has 0 aliphatic heterocycles. The molecular formula is C49H50N4. The predicted molar refractivity (Wildman–Crippen MR) is 230 cm³/mol. The summed E-state index contributed by atoms with van der Waals surface area (Å²) in [4.78, 5) is 0. The van der Waals surface area contributed by atoms with Crippen LogP contribution in [0.4, 0.5) is 11.4 Å². The van der Waals surface area contributed by atoms with Crippen molar-refractivity contribution in [3.8, 4) is 0 Å². The summed E-state index contributed by atoms with van der Waals surface area (Å²) in [6.45, 7) is 12.7. The first-order valence-electron chi connectivity index (χ1n) is 18.2. The molecule has 0 fully saturated rings. The van der Waals surface area contributed by atoms with Gasteiger partial charge in [-0.1, -0.05) is 129 Å². The average molecular weight is 695 g/mol. The molecule has 0 heterocycles. The molecule has 4 nitrogen and oxygen atoms in total. The standard InChI is InChI=1S/C49H50N4/c1-5-8-21-36(4)43-27-16-18-31-48(43)52-41(7-3)34-42(33-39-26-19-29-44(39)45-28-15-17-30-46(45)50)53-49(35-47(51)38-24-13-10-14-25-38)40(20-6-2)32-37-22-11-9-12-23-37/h6-13,15-18,20-24,26-35,47,52-53H,3-5,14,25,50-51H2,1-2H3/b20-6-,21-8-,40-32+,41-34+,42-33+,49-35-. The number of nitrogens with two attached hydrogens (primary N) is 2. The molecule has 0 bridgehead atoms. The van der Waals surface area contributed by atoms with E-state index in [0.29, 0.717) is 5.69 Å². The minimum absolute atomic E-state index is 0.296. The molecule has 2 aliphatic carbocycles. The number of nitrogens with one attached hydrogen (secondary N) is 2. The minimum atomic E-state index is -0.296. The highest BCUT2D eigenvalue weighted by atomic mass is 14.9. The molecule has 0 saturated heterocycles. The van der Waals surface area contributed by atoms with Gasteiger partial charge in [-0.3, -0.25) is 0 Å². The molecule has 6 N–H and O–H groups in total. The molecule has 0 radical (unpaired) electrons. The normalized spacial score (nSPS) is 15.7. The van der Waals surface area contributed by atoms with Gasteiger partial charge in [0, 0.05) is 45.6 Å². The minimum Gasteiger partial charge on any atom is -0.398 e. The largest absolute Gasteiger partial charge is 0.398 e. The van der Waals surface area contributed by atoms with Gasteiger partial charge < -0.3 is 22.1 Å². The van der Waals surface area contributed by atoms with Crippen molar-refractivity contribution in [1.29, 1.82) is 0 Å². The third-order valence-corrected chi connectivity index (χ3v) is 8.86. The lowest BCUT2D eigenvalue weighted by Crippen LogP contribution is -2.24. The van der Waals surface area contributed by atoms with E-state index < -0.39 is 0 Å². The van der Waals surface area contributed by atoms with E-state index in [1.54, 1.807) is 0 Å². The Bertz CT molecular complexity index is 2150. The Hall–Kier alpha value is -6.32. The molecule has 3 aromatic rings. The zero-order valence-corrected chi connectivity index (χ0v) is 30.9. The molecular weight excluding hydrogens is 645 g/mol. The number of benzene rings is 3. The van der Waals surface area contributed by atoms with Gasteiger partial charge >= 0.3 is 0 Å². The molecule has 5 rings (SSSR count). The molecule has 0 saturated carbocycles. The number of hydrogen-bond donors (Lipinski definition) is 4. The Labute approximate surface area is 316 Å². The number of anilines is 2. The second-order valence-electron chi connectivity index (χ2n) is 12.8. The fourth-order valence-corrected chi connectivity index (χ4v) is 6.12. The molecule has 53 heavy (non-hydrogen) atoms. The van der Waals surface area contributed by atoms with Crippen molar-refractivity contribution >= 4 is 28.6 Å². The van der Waals surface area contributed by atoms with E-state index in [2.05, 4.69) is 121 Å². The van der Waals surface area contributed by atoms with Crippen LogP contribution in [0.1, 0.15) is 49.8 Å². The van der Waals surface area contributed by atoms with Gasteiger partial charge in [0.15, 0.2) is 0 Å². The number of hydrogen-bond acceptors (Lipinski definition) is 4. The summed E-state index contributed by atoms with van der Waals surface area (Å²) in [7, 11) is 0. The van der Waals surface area contributed by atoms with Crippen molar-refractivity contribution < 1.29 is 0 Å². The molecule has 0 aromatic heterocycles. The van der Waals surface area contributed by atoms with Crippen molar-refractivity contribution in [2.24, 2.45) is 5.73 Å². The van der Waals surface area contributed by atoms with Crippen LogP contribution in [0.3, 0.4) is 0 Å². The molecule has 1 unspecified atom stereocenters. The Morgan fingerprint density at radius 3 is 2.45 bits per heavy atom. The Kier molecular flexibility index (Phi) is 13.8. The van der Waals surface area contributed by atoms with Crippen LogP contribution in [0.2, 0.25) is 0 Å². The van der Waals surface area contributed by atoms with Gasteiger partial charge in [-0.25, -0.2) is 0 Å². The van der Waals surface area contributed by atoms with Crippen molar-refractivity contribution in [3.05, 3.63) is 227 Å². The van der Waals surface area contributed by atoms with E-state index in [1.165, 1.54) is 5.57 Å². The zero-order chi connectivity index (χ0) is 37.4. The number of nitrogen functional groups attached to an aromatic ring is 1. The third kappa shape index (κ3) is 10.6. The van der Waals surface area contributed by atoms with Crippen LogP contribution in [-0.4, -0.2) is 6.04 Å². The fourth-order valence-electron chi connectivity index (χ4n) is 6.12. The van der Waals surface area contributed by atoms with Gasteiger partial charge in [0.05, 0.1) is 0 Å². The monoisotopic (exact) mass is 694 g/mol. The van der Waals surface area contributed by atoms with Crippen LogP contribution >= 0.6 is 0 Å². The lowest BCUT2D eigenvalue weighted by atomic mass is 9.96. The summed E-state index contributed by atoms with van der Waals surface area (Å²) in [5, 5.41) is 7.45. The van der Waals surface area contributed by atoms with E-state index in [0.717, 1.165) is 81.0 Å². The molecule has 0 amide bonds. The van der Waals surface area contributed by atoms with Gasteiger partial charge in [0.25, 0.3) is 0 Å². The van der Waals surface area contributed by atoms with Crippen molar-refractivity contribution in [2.75, 3.05) is 11.1 Å². The second-order valence-corrected chi connectivity index (χ2v) is 12.8. The summed E-state index contributed by atoms with van der Waals surface area (Å²) in [6, 6.07) is 26.1. The van der Waals surface area contributed by atoms with E-state index in [1.807, 2.05) is 85.8 Å². The molecule has 2 aliphatic rings. The van der Waals surface area contributed by atoms with E-state index in [9.17, 15) is 0 Å². The maximum Gasteiger partial charge on any atom is 0.0466 e. The van der Waals surface area contributed by atoms with Crippen LogP contribution in [-0.2, 0) is 0 Å². The highest BCUT2D eigenvalue weighted by molar-refractivity contribution is 5.88. The van der Waals surface area contributed by atoms with Gasteiger partial charge in [-0.05, 0) is 114 Å². The predicted octanol–water partition coefficient (Wildman–Crippen LogP) is 11.5. The lowest BCUT2D eigenvalue weighted by molar-refractivity contribution is 0.822. The first kappa shape index (κ1) is 37.9. The fraction of sp³-hybridized carbons (Fsp3) is 0.122. The smallest absolute Gasteiger partial charge is 0.0466 e. The molecule has 1 atom stereocenters. The first-order valence-corrected chi connectivity index (χ1v) is 18.2. The maximum atomic E-state index is 6.95. The van der Waals surface area contributed by atoms with Gasteiger partial charge in [-0.2, -0.15) is 0 Å². The van der Waals surface area contributed by atoms with Crippen LogP contribution in [0.5, 0.6) is 0 Å². The van der Waals surface area contributed by atoms with Gasteiger partial charge in [-0.15, -0.1) is 5.73 Å². The summed E-state index contributed by atoms with van der Waals surface area (Å²) in [6.07, 6.45) is 31.8. The summed E-state index contributed by atoms with van der Waals surface area (Å²) >= 11 is 0. The lowest BCUT2D eigenvalue weighted by Gasteiger charge is -2.20. The highest BCUT2D eigenvalue weighted by Crippen LogP contribution is 2.31. The van der Waals surface area contributed by atoms with Gasteiger partial charge in [0.1, 0.15) is 0 Å². The third-order valence-electron chi connectivity index (χ3n) is 8.86. The molecule has 0 spiro atoms. The second kappa shape index (κ2) is 19.3. The van der Waals surface area contributed by atoms with E-state index >= 15 is 0 Å². The highest BCUT2D eigenvalue weighted by Gasteiger charge is 2.15. The summed E-state index contributed by atoms with van der Waals surface area (Å²) < 4.78 is 0. The van der Waals surface area contributed by atoms with Crippen LogP contribution in [0, 0.1) is 0 Å². The number of rotatable bonds is 16. The topological polar surface area (TPSA) is 76.1 Å². The van der Waals surface area contributed by atoms with Crippen LogP contribution < -0.4 is 22.1 Å². The van der Waals surface area contributed by atoms with Crippen molar-refractivity contribution in [3.63, 3.8) is 0 Å². The average Bonchev–Trinajstić information content (AvgIpc) is 3.64. The SMILES string of the molecule is C=C/C(=C\C(=C/C1=C(c2ccccc2N)C=C=C1)NC(=C\C(N)C1=CC=CCC1)/C(/C=C\C)=C/c1ccccc1)Nc1ccccc1C(=C)/C=C\CC. The van der Waals surface area contributed by atoms with Crippen LogP contribution in [0.15, 0.2) is 211 Å². The van der Waals surface area contributed by atoms with Gasteiger partial charge in [0.2, 0.25) is 0 Å². The first-order chi connectivity index (χ1) is 25.9. The molecule has 4 heteroatoms. The zero-order valence-electron chi connectivity index (χ0n) is 30.9. The Morgan fingerprint density at radius 2 is 1.72 bits per heavy atom. The maximum absolute atomic E-state index is 6.95.